The van der Waals surface area contributed by atoms with E-state index in [0.29, 0.717) is 19.3 Å². The molecule has 69 heavy (non-hydrogen) atoms. The number of phosphoric ester groups is 2. The topological polar surface area (TPSA) is 286 Å². The average molecular weight is 1020 g/mol. The van der Waals surface area contributed by atoms with Crippen LogP contribution in [0.15, 0.2) is 53.5 Å². The van der Waals surface area contributed by atoms with Crippen LogP contribution >= 0.6 is 15.6 Å². The highest BCUT2D eigenvalue weighted by Gasteiger charge is 2.46. The summed E-state index contributed by atoms with van der Waals surface area (Å²) in [6.45, 7) is 1.92. The summed E-state index contributed by atoms with van der Waals surface area (Å²) in [5, 5.41) is 30.8. The van der Waals surface area contributed by atoms with Gasteiger partial charge in [0.25, 0.3) is 0 Å². The van der Waals surface area contributed by atoms with Gasteiger partial charge in [0.15, 0.2) is 12.3 Å². The molecule has 8 atom stereocenters. The maximum atomic E-state index is 12.8. The van der Waals surface area contributed by atoms with Gasteiger partial charge in [-0.3, -0.25) is 23.2 Å². The lowest BCUT2D eigenvalue weighted by atomic mass is 10.0. The molecule has 7 N–H and O–H groups in total. The van der Waals surface area contributed by atoms with E-state index in [0.717, 1.165) is 75.0 Å². The number of nitrogen functional groups attached to an aromatic ring is 1. The van der Waals surface area contributed by atoms with E-state index in [2.05, 4.69) is 16.2 Å². The second-order valence-corrected chi connectivity index (χ2v) is 20.5. The quantitative estimate of drug-likeness (QED) is 0.0117. The molecule has 19 nitrogen and oxygen atoms in total. The Bertz CT molecular complexity index is 1810. The zero-order chi connectivity index (χ0) is 50.8. The normalized spacial score (nSPS) is 20.1. The Balaban J connectivity index is 1.82. The molecule has 3 unspecified atom stereocenters. The van der Waals surface area contributed by atoms with Crippen molar-refractivity contribution in [2.45, 2.75) is 211 Å². The molecule has 0 aliphatic carbocycles. The molecular weight excluding hydrogens is 936 g/mol. The number of nitrogens with two attached hydrogens (primary N) is 1. The largest absolute Gasteiger partial charge is 0.481 e. The molecule has 1 aliphatic heterocycles. The van der Waals surface area contributed by atoms with E-state index < -0.39 is 89.8 Å². The van der Waals surface area contributed by atoms with Crippen LogP contribution < -0.4 is 11.4 Å². The molecule has 1 aliphatic rings. The summed E-state index contributed by atoms with van der Waals surface area (Å²) in [4.78, 5) is 61.9. The molecule has 1 fully saturated rings. The Morgan fingerprint density at radius 1 is 0.768 bits per heavy atom. The second-order valence-electron chi connectivity index (χ2n) is 17.5. The van der Waals surface area contributed by atoms with Crippen molar-refractivity contribution in [3.8, 4) is 0 Å². The number of allylic oxidation sites excluding steroid dienone is 4. The fraction of sp³-hybridized carbons (Fsp3) is 0.750. The monoisotopic (exact) mass is 1020 g/mol. The van der Waals surface area contributed by atoms with E-state index in [1.165, 1.54) is 70.3 Å². The molecule has 0 aromatic carbocycles. The lowest BCUT2D eigenvalue weighted by molar-refractivity contribution is -0.161. The Morgan fingerprint density at radius 3 is 1.93 bits per heavy atom. The molecule has 0 spiro atoms. The molecule has 21 heteroatoms. The van der Waals surface area contributed by atoms with E-state index in [9.17, 15) is 48.6 Å². The first-order valence-corrected chi connectivity index (χ1v) is 28.1. The molecule has 2 rings (SSSR count). The van der Waals surface area contributed by atoms with Gasteiger partial charge in [-0.15, -0.1) is 0 Å². The molecule has 2 heterocycles. The van der Waals surface area contributed by atoms with E-state index in [1.54, 1.807) is 6.08 Å². The molecule has 1 saturated heterocycles. The van der Waals surface area contributed by atoms with Crippen LogP contribution in [0.2, 0.25) is 0 Å². The number of carbonyl (C=O) groups excluding carboxylic acids is 2. The number of carbonyl (C=O) groups is 2. The molecule has 0 bridgehead atoms. The summed E-state index contributed by atoms with van der Waals surface area (Å²) in [6.07, 6.45) is 28.4. The Labute approximate surface area is 409 Å². The highest BCUT2D eigenvalue weighted by molar-refractivity contribution is 7.61. The van der Waals surface area contributed by atoms with Crippen molar-refractivity contribution < 1.29 is 71.4 Å². The number of aliphatic hydroxyl groups excluding tert-OH is 3. The van der Waals surface area contributed by atoms with Crippen molar-refractivity contribution in [2.24, 2.45) is 0 Å². The fourth-order valence-corrected chi connectivity index (χ4v) is 9.52. The molecule has 0 radical (unpaired) electrons. The molecular formula is C48H83N3O16P2. The number of aliphatic hydroxyl groups is 3. The standard InChI is InChI=1S/C48H83N3O16P2/c1-3-5-7-8-9-10-11-12-13-14-15-18-21-24-28-32-43(53)62-36-40(65-44(54)33-29-25-22-19-16-17-20-23-27-31-39(52)30-26-6-4-2)37-63-68(58,59)67-69(60,61)64-38-41-45(55)46(56)47(66-41)51-35-34-42(49)50-48(51)57/h6,20,23,26-27,31,34-35,39-41,45-47,52,55-56H,3-5,7-19,21-22,24-25,28-30,32-33,36-38H2,1-2H3,(H,58,59)(H,60,61)(H2,49,50,57)/b23-20+,26-6+,31-27+/t39?,40-,41-,45-,46-,47-/m1/s1. The summed E-state index contributed by atoms with van der Waals surface area (Å²) in [5.41, 5.74) is 4.58. The lowest BCUT2D eigenvalue weighted by Crippen LogP contribution is -2.36. The van der Waals surface area contributed by atoms with E-state index in [1.807, 2.05) is 37.3 Å². The molecule has 396 valence electrons. The van der Waals surface area contributed by atoms with Crippen molar-refractivity contribution >= 4 is 33.4 Å². The van der Waals surface area contributed by atoms with Crippen LogP contribution in [0.25, 0.3) is 0 Å². The zero-order valence-electron chi connectivity index (χ0n) is 41.0. The number of rotatable bonds is 41. The van der Waals surface area contributed by atoms with Crippen molar-refractivity contribution in [3.05, 3.63) is 59.2 Å². The minimum absolute atomic E-state index is 0.00509. The number of esters is 2. The number of hydrogen-bond acceptors (Lipinski definition) is 16. The first-order chi connectivity index (χ1) is 33.1. The fourth-order valence-electron chi connectivity index (χ4n) is 7.41. The number of ether oxygens (including phenoxy) is 3. The van der Waals surface area contributed by atoms with E-state index in [4.69, 9.17) is 29.0 Å². The van der Waals surface area contributed by atoms with Gasteiger partial charge in [0.05, 0.1) is 19.3 Å². The summed E-state index contributed by atoms with van der Waals surface area (Å²) in [6, 6.07) is 1.24. The third-order valence-corrected chi connectivity index (χ3v) is 13.9. The van der Waals surface area contributed by atoms with Gasteiger partial charge in [0.2, 0.25) is 0 Å². The van der Waals surface area contributed by atoms with Crippen LogP contribution in [0.1, 0.15) is 181 Å². The van der Waals surface area contributed by atoms with E-state index >= 15 is 0 Å². The smallest absolute Gasteiger partial charge is 0.462 e. The van der Waals surface area contributed by atoms with Gasteiger partial charge in [-0.2, -0.15) is 9.29 Å². The van der Waals surface area contributed by atoms with Crippen molar-refractivity contribution in [1.29, 1.82) is 0 Å². The minimum Gasteiger partial charge on any atom is -0.462 e. The Kier molecular flexibility index (Phi) is 33.1. The highest BCUT2D eigenvalue weighted by Crippen LogP contribution is 2.60. The van der Waals surface area contributed by atoms with Crippen LogP contribution in [0.5, 0.6) is 0 Å². The number of unbranched alkanes of at least 4 members (excludes halogenated alkanes) is 19. The molecule has 0 amide bonds. The molecule has 1 aromatic heterocycles. The van der Waals surface area contributed by atoms with E-state index in [-0.39, 0.29) is 18.7 Å². The lowest BCUT2D eigenvalue weighted by Gasteiger charge is -2.21. The first kappa shape index (κ1) is 62.1. The predicted octanol–water partition coefficient (Wildman–Crippen LogP) is 8.97. The van der Waals surface area contributed by atoms with Crippen LogP contribution in [0.4, 0.5) is 5.82 Å². The van der Waals surface area contributed by atoms with Gasteiger partial charge < -0.3 is 45.1 Å². The average Bonchev–Trinajstić information content (AvgIpc) is 3.58. The molecule has 0 saturated carbocycles. The van der Waals surface area contributed by atoms with Gasteiger partial charge in [-0.05, 0) is 44.6 Å². The van der Waals surface area contributed by atoms with Crippen molar-refractivity contribution in [1.82, 2.24) is 9.55 Å². The zero-order valence-corrected chi connectivity index (χ0v) is 42.8. The van der Waals surface area contributed by atoms with Gasteiger partial charge in [-0.25, -0.2) is 13.9 Å². The number of phosphoric acid groups is 2. The summed E-state index contributed by atoms with van der Waals surface area (Å²) >= 11 is 0. The van der Waals surface area contributed by atoms with Gasteiger partial charge in [0, 0.05) is 19.0 Å². The summed E-state index contributed by atoms with van der Waals surface area (Å²) in [5.74, 6) is -1.35. The molecule has 1 aromatic rings. The maximum absolute atomic E-state index is 12.8. The third-order valence-electron chi connectivity index (χ3n) is 11.3. The SMILES string of the molecule is CC/C=C/CC(O)/C=C/C=C/CCCCCCCC(=O)O[C@H](COC(=O)CCCCCCCCCCCCCCCCC)COP(=O)(O)OP(=O)(O)OC[C@H]1O[C@@H](n2ccc(N)nc2=O)[C@H](O)[C@@H]1O. The first-order valence-electron chi connectivity index (χ1n) is 25.1. The second kappa shape index (κ2) is 36.8. The van der Waals surface area contributed by atoms with Crippen LogP contribution in [0, 0.1) is 0 Å². The van der Waals surface area contributed by atoms with Crippen LogP contribution in [-0.2, 0) is 46.3 Å². The summed E-state index contributed by atoms with van der Waals surface area (Å²) < 4.78 is 56.7. The number of aromatic nitrogens is 2. The summed E-state index contributed by atoms with van der Waals surface area (Å²) in [7, 11) is -10.9. The third kappa shape index (κ3) is 29.8. The number of anilines is 1. The van der Waals surface area contributed by atoms with Crippen LogP contribution in [0.3, 0.4) is 0 Å². The van der Waals surface area contributed by atoms with Gasteiger partial charge >= 0.3 is 33.3 Å². The Morgan fingerprint density at radius 2 is 1.33 bits per heavy atom. The van der Waals surface area contributed by atoms with Crippen molar-refractivity contribution in [3.63, 3.8) is 0 Å². The van der Waals surface area contributed by atoms with Crippen molar-refractivity contribution in [2.75, 3.05) is 25.6 Å². The number of hydrogen-bond donors (Lipinski definition) is 6. The van der Waals surface area contributed by atoms with Gasteiger partial charge in [-0.1, -0.05) is 159 Å². The maximum Gasteiger partial charge on any atom is 0.481 e. The minimum atomic E-state index is -5.44. The number of nitrogens with zero attached hydrogens (tertiary/aromatic N) is 2. The Hall–Kier alpha value is -3.06. The van der Waals surface area contributed by atoms with Gasteiger partial charge in [0.1, 0.15) is 30.7 Å². The predicted molar refractivity (Wildman–Crippen MR) is 263 cm³/mol. The van der Waals surface area contributed by atoms with Crippen LogP contribution in [-0.4, -0.2) is 96.9 Å². The highest BCUT2D eigenvalue weighted by atomic mass is 31.3.